The highest BCUT2D eigenvalue weighted by atomic mass is 32.1. The average molecular weight is 245 g/mol. The predicted molar refractivity (Wildman–Crippen MR) is 72.5 cm³/mol. The topological polar surface area (TPSA) is 20.3 Å². The second-order valence-electron chi connectivity index (χ2n) is 4.19. The Hall–Kier alpha value is -1.61. The lowest BCUT2D eigenvalue weighted by atomic mass is 10.1. The number of hydrogen-bond acceptors (Lipinski definition) is 2. The van der Waals surface area contributed by atoms with Gasteiger partial charge in [-0.2, -0.15) is 0 Å². The van der Waals surface area contributed by atoms with Crippen molar-refractivity contribution in [2.24, 2.45) is 0 Å². The lowest BCUT2D eigenvalue weighted by Crippen LogP contribution is -2.21. The normalized spacial score (nSPS) is 10.3. The first kappa shape index (κ1) is 11.9. The fraction of sp³-hybridized carbons (Fsp3) is 0.214. The van der Waals surface area contributed by atoms with Crippen LogP contribution in [-0.4, -0.2) is 24.9 Å². The van der Waals surface area contributed by atoms with Crippen molar-refractivity contribution in [2.45, 2.75) is 6.92 Å². The summed E-state index contributed by atoms with van der Waals surface area (Å²) in [5.41, 5.74) is 1.89. The Labute approximate surface area is 106 Å². The number of aryl methyl sites for hydroxylation is 1. The van der Waals surface area contributed by atoms with Crippen molar-refractivity contribution in [3.8, 4) is 10.4 Å². The van der Waals surface area contributed by atoms with Gasteiger partial charge in [-0.15, -0.1) is 11.3 Å². The van der Waals surface area contributed by atoms with E-state index in [0.29, 0.717) is 0 Å². The summed E-state index contributed by atoms with van der Waals surface area (Å²) in [4.78, 5) is 15.9. The number of amides is 1. The minimum absolute atomic E-state index is 0.0407. The fourth-order valence-electron chi connectivity index (χ4n) is 1.62. The van der Waals surface area contributed by atoms with Crippen LogP contribution in [0, 0.1) is 6.92 Å². The van der Waals surface area contributed by atoms with Gasteiger partial charge in [0.05, 0.1) is 0 Å². The number of carbonyl (C=O) groups excluding carboxylic acids is 1. The van der Waals surface area contributed by atoms with Crippen LogP contribution in [0.25, 0.3) is 10.4 Å². The molecule has 0 bridgehead atoms. The van der Waals surface area contributed by atoms with Gasteiger partial charge in [-0.3, -0.25) is 4.79 Å². The first-order valence-corrected chi connectivity index (χ1v) is 6.28. The molecule has 0 spiro atoms. The molecule has 2 rings (SSSR count). The Morgan fingerprint density at radius 2 is 1.71 bits per heavy atom. The molecule has 0 atom stereocenters. The molecule has 2 aromatic rings. The Balaban J connectivity index is 2.27. The Bertz CT molecular complexity index is 525. The van der Waals surface area contributed by atoms with E-state index in [-0.39, 0.29) is 5.91 Å². The molecule has 0 aliphatic rings. The quantitative estimate of drug-likeness (QED) is 0.794. The summed E-state index contributed by atoms with van der Waals surface area (Å²) in [6, 6.07) is 12.0. The first-order valence-electron chi connectivity index (χ1n) is 5.46. The molecule has 0 unspecified atom stereocenters. The van der Waals surface area contributed by atoms with Crippen LogP contribution in [0.15, 0.2) is 36.4 Å². The molecule has 0 aliphatic heterocycles. The SMILES string of the molecule is Cc1ccc(-c2ccc(C(=O)N(C)C)cc2)s1. The minimum atomic E-state index is 0.0407. The van der Waals surface area contributed by atoms with E-state index >= 15 is 0 Å². The molecule has 0 N–H and O–H groups in total. The molecule has 0 saturated heterocycles. The van der Waals surface area contributed by atoms with Gasteiger partial charge in [0.25, 0.3) is 5.91 Å². The van der Waals surface area contributed by atoms with Crippen molar-refractivity contribution in [3.05, 3.63) is 46.8 Å². The van der Waals surface area contributed by atoms with Crippen LogP contribution in [0.3, 0.4) is 0 Å². The van der Waals surface area contributed by atoms with Gasteiger partial charge in [-0.05, 0) is 36.8 Å². The number of carbonyl (C=O) groups is 1. The second kappa shape index (κ2) is 4.72. The van der Waals surface area contributed by atoms with E-state index in [9.17, 15) is 4.79 Å². The van der Waals surface area contributed by atoms with Gasteiger partial charge in [0.15, 0.2) is 0 Å². The van der Waals surface area contributed by atoms with Gasteiger partial charge >= 0.3 is 0 Å². The van der Waals surface area contributed by atoms with Crippen LogP contribution < -0.4 is 0 Å². The summed E-state index contributed by atoms with van der Waals surface area (Å²) >= 11 is 1.77. The molecule has 3 heteroatoms. The highest BCUT2D eigenvalue weighted by molar-refractivity contribution is 7.15. The number of rotatable bonds is 2. The smallest absolute Gasteiger partial charge is 0.253 e. The highest BCUT2D eigenvalue weighted by Crippen LogP contribution is 2.27. The standard InChI is InChI=1S/C14H15NOS/c1-10-4-9-13(17-10)11-5-7-12(8-6-11)14(16)15(2)3/h4-9H,1-3H3. The predicted octanol–water partition coefficient (Wildman–Crippen LogP) is 3.43. The number of benzene rings is 1. The zero-order valence-electron chi connectivity index (χ0n) is 10.2. The summed E-state index contributed by atoms with van der Waals surface area (Å²) < 4.78 is 0. The van der Waals surface area contributed by atoms with Gasteiger partial charge in [-0.1, -0.05) is 12.1 Å². The fourth-order valence-corrected chi connectivity index (χ4v) is 2.50. The Morgan fingerprint density at radius 3 is 2.18 bits per heavy atom. The molecule has 0 aliphatic carbocycles. The summed E-state index contributed by atoms with van der Waals surface area (Å²) in [5, 5.41) is 0. The van der Waals surface area contributed by atoms with E-state index in [0.717, 1.165) is 5.56 Å². The molecular formula is C14H15NOS. The van der Waals surface area contributed by atoms with Gasteiger partial charge in [0, 0.05) is 29.4 Å². The average Bonchev–Trinajstić information content (AvgIpc) is 2.75. The maximum atomic E-state index is 11.7. The van der Waals surface area contributed by atoms with Crippen LogP contribution in [0.5, 0.6) is 0 Å². The molecule has 1 heterocycles. The summed E-state index contributed by atoms with van der Waals surface area (Å²) in [5.74, 6) is 0.0407. The summed E-state index contributed by atoms with van der Waals surface area (Å²) in [7, 11) is 3.53. The zero-order valence-corrected chi connectivity index (χ0v) is 11.0. The van der Waals surface area contributed by atoms with Crippen LogP contribution in [-0.2, 0) is 0 Å². The number of hydrogen-bond donors (Lipinski definition) is 0. The van der Waals surface area contributed by atoms with Crippen molar-refractivity contribution in [1.29, 1.82) is 0 Å². The van der Waals surface area contributed by atoms with Crippen LogP contribution in [0.1, 0.15) is 15.2 Å². The van der Waals surface area contributed by atoms with E-state index in [4.69, 9.17) is 0 Å². The van der Waals surface area contributed by atoms with Gasteiger partial charge < -0.3 is 4.90 Å². The van der Waals surface area contributed by atoms with Crippen LogP contribution in [0.2, 0.25) is 0 Å². The second-order valence-corrected chi connectivity index (χ2v) is 5.48. The molecule has 88 valence electrons. The molecule has 1 amide bonds. The summed E-state index contributed by atoms with van der Waals surface area (Å²) in [6.45, 7) is 2.10. The minimum Gasteiger partial charge on any atom is -0.345 e. The van der Waals surface area contributed by atoms with Gasteiger partial charge in [0.1, 0.15) is 0 Å². The van der Waals surface area contributed by atoms with Crippen molar-refractivity contribution in [1.82, 2.24) is 4.90 Å². The van der Waals surface area contributed by atoms with E-state index in [2.05, 4.69) is 19.1 Å². The third kappa shape index (κ3) is 2.56. The van der Waals surface area contributed by atoms with Gasteiger partial charge in [-0.25, -0.2) is 0 Å². The van der Waals surface area contributed by atoms with Crippen molar-refractivity contribution >= 4 is 17.2 Å². The largest absolute Gasteiger partial charge is 0.345 e. The van der Waals surface area contributed by atoms with E-state index in [1.807, 2.05) is 24.3 Å². The molecule has 0 radical (unpaired) electrons. The number of nitrogens with zero attached hydrogens (tertiary/aromatic N) is 1. The lowest BCUT2D eigenvalue weighted by molar-refractivity contribution is 0.0827. The maximum Gasteiger partial charge on any atom is 0.253 e. The van der Waals surface area contributed by atoms with E-state index < -0.39 is 0 Å². The third-order valence-corrected chi connectivity index (χ3v) is 3.61. The molecule has 1 aromatic heterocycles. The van der Waals surface area contributed by atoms with Crippen LogP contribution in [0.4, 0.5) is 0 Å². The van der Waals surface area contributed by atoms with Crippen molar-refractivity contribution in [3.63, 3.8) is 0 Å². The number of thiophene rings is 1. The first-order chi connectivity index (χ1) is 8.08. The van der Waals surface area contributed by atoms with Crippen molar-refractivity contribution in [2.75, 3.05) is 14.1 Å². The Morgan fingerprint density at radius 1 is 1.06 bits per heavy atom. The van der Waals surface area contributed by atoms with E-state index in [1.165, 1.54) is 15.3 Å². The molecule has 2 nitrogen and oxygen atoms in total. The molecule has 17 heavy (non-hydrogen) atoms. The summed E-state index contributed by atoms with van der Waals surface area (Å²) in [6.07, 6.45) is 0. The maximum absolute atomic E-state index is 11.7. The zero-order chi connectivity index (χ0) is 12.4. The molecule has 0 saturated carbocycles. The Kier molecular flexibility index (Phi) is 3.29. The van der Waals surface area contributed by atoms with Crippen LogP contribution >= 0.6 is 11.3 Å². The van der Waals surface area contributed by atoms with E-state index in [1.54, 1.807) is 30.3 Å². The molecule has 0 fully saturated rings. The van der Waals surface area contributed by atoms with Gasteiger partial charge in [0.2, 0.25) is 0 Å². The molecular weight excluding hydrogens is 230 g/mol. The van der Waals surface area contributed by atoms with Crippen molar-refractivity contribution < 1.29 is 4.79 Å². The highest BCUT2D eigenvalue weighted by Gasteiger charge is 2.08. The monoisotopic (exact) mass is 245 g/mol. The molecule has 1 aromatic carbocycles. The third-order valence-electron chi connectivity index (χ3n) is 2.56. The lowest BCUT2D eigenvalue weighted by Gasteiger charge is -2.10.